The molecule has 0 atom stereocenters. The van der Waals surface area contributed by atoms with E-state index in [1.165, 1.54) is 19.1 Å². The third-order valence-corrected chi connectivity index (χ3v) is 4.52. The lowest BCUT2D eigenvalue weighted by Crippen LogP contribution is -1.98. The Morgan fingerprint density at radius 3 is 1.93 bits per heavy atom. The molecular formula is C7H6Cl2O4S2. The SMILES string of the molecule is Cc1ccc(S(=O)(=O)Cl)cc1S(=O)(=O)Cl. The summed E-state index contributed by atoms with van der Waals surface area (Å²) in [5.41, 5.74) is 0.356. The molecule has 0 aliphatic rings. The van der Waals surface area contributed by atoms with Gasteiger partial charge in [-0.05, 0) is 24.6 Å². The molecule has 0 N–H and O–H groups in total. The Balaban J connectivity index is 3.57. The summed E-state index contributed by atoms with van der Waals surface area (Å²) in [4.78, 5) is -0.556. The third kappa shape index (κ3) is 3.07. The van der Waals surface area contributed by atoms with Crippen molar-refractivity contribution in [2.24, 2.45) is 0 Å². The third-order valence-electron chi connectivity index (χ3n) is 1.70. The first kappa shape index (κ1) is 12.8. The second kappa shape index (κ2) is 3.93. The maximum Gasteiger partial charge on any atom is 0.261 e. The average molecular weight is 289 g/mol. The van der Waals surface area contributed by atoms with Gasteiger partial charge in [0.25, 0.3) is 18.1 Å². The van der Waals surface area contributed by atoms with Crippen LogP contribution in [0.2, 0.25) is 0 Å². The Morgan fingerprint density at radius 1 is 1.00 bits per heavy atom. The van der Waals surface area contributed by atoms with Crippen LogP contribution in [0.3, 0.4) is 0 Å². The monoisotopic (exact) mass is 288 g/mol. The van der Waals surface area contributed by atoms with Gasteiger partial charge in [-0.15, -0.1) is 0 Å². The molecule has 1 aromatic carbocycles. The van der Waals surface area contributed by atoms with E-state index in [-0.39, 0.29) is 9.79 Å². The zero-order valence-corrected chi connectivity index (χ0v) is 10.6. The lowest BCUT2D eigenvalue weighted by Gasteiger charge is -2.03. The minimum Gasteiger partial charge on any atom is -0.207 e. The summed E-state index contributed by atoms with van der Waals surface area (Å²) in [5, 5.41) is 0. The molecule has 0 amide bonds. The van der Waals surface area contributed by atoms with Gasteiger partial charge in [0.05, 0.1) is 9.79 Å². The summed E-state index contributed by atoms with van der Waals surface area (Å²) in [6.45, 7) is 1.50. The fourth-order valence-electron chi connectivity index (χ4n) is 0.995. The van der Waals surface area contributed by atoms with Gasteiger partial charge < -0.3 is 0 Å². The first-order chi connectivity index (χ1) is 6.62. The molecule has 1 aromatic rings. The van der Waals surface area contributed by atoms with E-state index in [1.807, 2.05) is 0 Å². The predicted molar refractivity (Wildman–Crippen MR) is 57.3 cm³/mol. The molecule has 0 aromatic heterocycles. The highest BCUT2D eigenvalue weighted by Gasteiger charge is 2.18. The maximum atomic E-state index is 11.1. The number of halogens is 2. The van der Waals surface area contributed by atoms with Crippen LogP contribution in [0, 0.1) is 6.92 Å². The molecule has 0 spiro atoms. The van der Waals surface area contributed by atoms with E-state index in [9.17, 15) is 16.8 Å². The molecule has 8 heteroatoms. The largest absolute Gasteiger partial charge is 0.261 e. The van der Waals surface area contributed by atoms with Gasteiger partial charge in [0, 0.05) is 21.4 Å². The van der Waals surface area contributed by atoms with Gasteiger partial charge in [0.1, 0.15) is 0 Å². The zero-order chi connectivity index (χ0) is 11.9. The summed E-state index contributed by atoms with van der Waals surface area (Å²) < 4.78 is 44.0. The highest BCUT2D eigenvalue weighted by Crippen LogP contribution is 2.24. The maximum absolute atomic E-state index is 11.1. The fraction of sp³-hybridized carbons (Fsp3) is 0.143. The quantitative estimate of drug-likeness (QED) is 0.779. The minimum absolute atomic E-state index is 0.258. The second-order valence-electron chi connectivity index (χ2n) is 2.80. The fourth-order valence-corrected chi connectivity index (χ4v) is 3.07. The highest BCUT2D eigenvalue weighted by molar-refractivity contribution is 8.14. The van der Waals surface area contributed by atoms with Crippen LogP contribution in [0.25, 0.3) is 0 Å². The number of aryl methyl sites for hydroxylation is 1. The van der Waals surface area contributed by atoms with Crippen molar-refractivity contribution in [3.63, 3.8) is 0 Å². The van der Waals surface area contributed by atoms with E-state index in [1.54, 1.807) is 0 Å². The number of hydrogen-bond donors (Lipinski definition) is 0. The normalized spacial score (nSPS) is 12.7. The Hall–Kier alpha value is -0.300. The number of rotatable bonds is 2. The molecule has 0 aliphatic heterocycles. The van der Waals surface area contributed by atoms with E-state index in [2.05, 4.69) is 0 Å². The summed E-state index contributed by atoms with van der Waals surface area (Å²) >= 11 is 0. The van der Waals surface area contributed by atoms with E-state index in [4.69, 9.17) is 21.4 Å². The van der Waals surface area contributed by atoms with Crippen LogP contribution >= 0.6 is 21.4 Å². The van der Waals surface area contributed by atoms with Crippen molar-refractivity contribution in [3.8, 4) is 0 Å². The molecule has 0 unspecified atom stereocenters. The molecule has 0 aliphatic carbocycles. The standard InChI is InChI=1S/C7H6Cl2O4S2/c1-5-2-3-6(14(8,10)11)4-7(5)15(9,12)13/h2-4H,1H3. The van der Waals surface area contributed by atoms with Crippen LogP contribution in [0.15, 0.2) is 28.0 Å². The molecule has 0 radical (unpaired) electrons. The number of hydrogen-bond acceptors (Lipinski definition) is 4. The van der Waals surface area contributed by atoms with Crippen molar-refractivity contribution in [2.45, 2.75) is 16.7 Å². The zero-order valence-electron chi connectivity index (χ0n) is 7.44. The van der Waals surface area contributed by atoms with Crippen molar-refractivity contribution in [3.05, 3.63) is 23.8 Å². The van der Waals surface area contributed by atoms with Crippen LogP contribution in [-0.4, -0.2) is 16.8 Å². The van der Waals surface area contributed by atoms with Gasteiger partial charge >= 0.3 is 0 Å². The summed E-state index contributed by atoms with van der Waals surface area (Å²) in [6.07, 6.45) is 0. The van der Waals surface area contributed by atoms with Crippen molar-refractivity contribution in [1.82, 2.24) is 0 Å². The highest BCUT2D eigenvalue weighted by atomic mass is 35.7. The van der Waals surface area contributed by atoms with Crippen LogP contribution < -0.4 is 0 Å². The van der Waals surface area contributed by atoms with Gasteiger partial charge in [-0.2, -0.15) is 0 Å². The molecule has 4 nitrogen and oxygen atoms in total. The molecule has 84 valence electrons. The van der Waals surface area contributed by atoms with Crippen molar-refractivity contribution < 1.29 is 16.8 Å². The van der Waals surface area contributed by atoms with Crippen LogP contribution in [-0.2, 0) is 18.1 Å². The lowest BCUT2D eigenvalue weighted by molar-refractivity contribution is 0.607. The topological polar surface area (TPSA) is 68.3 Å². The van der Waals surface area contributed by atoms with E-state index in [0.29, 0.717) is 5.56 Å². The Morgan fingerprint density at radius 2 is 1.53 bits per heavy atom. The Kier molecular flexibility index (Phi) is 3.35. The Labute approximate surface area is 96.7 Å². The van der Waals surface area contributed by atoms with Gasteiger partial charge in [-0.1, -0.05) is 6.07 Å². The summed E-state index contributed by atoms with van der Waals surface area (Å²) in [7, 11) is 2.27. The molecule has 0 heterocycles. The molecule has 0 saturated carbocycles. The first-order valence-electron chi connectivity index (χ1n) is 3.62. The van der Waals surface area contributed by atoms with Crippen molar-refractivity contribution >= 4 is 39.5 Å². The predicted octanol–water partition coefficient (Wildman–Crippen LogP) is 1.85. The molecule has 1 rings (SSSR count). The van der Waals surface area contributed by atoms with E-state index >= 15 is 0 Å². The van der Waals surface area contributed by atoms with Crippen LogP contribution in [0.5, 0.6) is 0 Å². The molecular weight excluding hydrogens is 283 g/mol. The van der Waals surface area contributed by atoms with Crippen LogP contribution in [0.4, 0.5) is 0 Å². The first-order valence-corrected chi connectivity index (χ1v) is 8.24. The summed E-state index contributed by atoms with van der Waals surface area (Å²) in [5.74, 6) is 0. The smallest absolute Gasteiger partial charge is 0.207 e. The van der Waals surface area contributed by atoms with Crippen molar-refractivity contribution in [2.75, 3.05) is 0 Å². The second-order valence-corrected chi connectivity index (χ2v) is 7.90. The average Bonchev–Trinajstić information content (AvgIpc) is 2.00. The van der Waals surface area contributed by atoms with Gasteiger partial charge in [0.15, 0.2) is 0 Å². The van der Waals surface area contributed by atoms with Crippen LogP contribution in [0.1, 0.15) is 5.56 Å². The minimum atomic E-state index is -3.97. The van der Waals surface area contributed by atoms with Crippen molar-refractivity contribution in [1.29, 1.82) is 0 Å². The summed E-state index contributed by atoms with van der Waals surface area (Å²) in [6, 6.07) is 3.47. The van der Waals surface area contributed by atoms with Gasteiger partial charge in [-0.25, -0.2) is 16.8 Å². The van der Waals surface area contributed by atoms with E-state index in [0.717, 1.165) is 6.07 Å². The molecule has 0 saturated heterocycles. The van der Waals surface area contributed by atoms with Gasteiger partial charge in [0.2, 0.25) is 0 Å². The Bertz CT molecular complexity index is 589. The molecule has 0 bridgehead atoms. The lowest BCUT2D eigenvalue weighted by atomic mass is 10.2. The van der Waals surface area contributed by atoms with Gasteiger partial charge in [-0.3, -0.25) is 0 Å². The van der Waals surface area contributed by atoms with E-state index < -0.39 is 18.1 Å². The molecule has 15 heavy (non-hydrogen) atoms. The molecule has 0 fully saturated rings. The number of benzene rings is 1.